The molecule has 0 aliphatic carbocycles. The molecule has 0 aliphatic rings. The van der Waals surface area contributed by atoms with Crippen LogP contribution in [0.3, 0.4) is 0 Å². The number of nitrogens with two attached hydrogens (primary N) is 1. The predicted molar refractivity (Wildman–Crippen MR) is 76.4 cm³/mol. The van der Waals surface area contributed by atoms with Gasteiger partial charge in [0.1, 0.15) is 0 Å². The molecule has 2 nitrogen and oxygen atoms in total. The van der Waals surface area contributed by atoms with Gasteiger partial charge < -0.3 is 0 Å². The van der Waals surface area contributed by atoms with Gasteiger partial charge >= 0.3 is 6.18 Å². The lowest BCUT2D eigenvalue weighted by atomic mass is 9.97. The summed E-state index contributed by atoms with van der Waals surface area (Å²) in [5.41, 5.74) is 5.00. The van der Waals surface area contributed by atoms with E-state index in [0.717, 1.165) is 28.8 Å². The third-order valence-electron chi connectivity index (χ3n) is 3.37. The van der Waals surface area contributed by atoms with Gasteiger partial charge in [0.2, 0.25) is 0 Å². The zero-order chi connectivity index (χ0) is 15.5. The van der Waals surface area contributed by atoms with E-state index in [0.29, 0.717) is 6.42 Å². The van der Waals surface area contributed by atoms with Gasteiger partial charge in [-0.1, -0.05) is 42.0 Å². The first-order valence-corrected chi connectivity index (χ1v) is 6.59. The average Bonchev–Trinajstić information content (AvgIpc) is 2.44. The van der Waals surface area contributed by atoms with Gasteiger partial charge in [-0.05, 0) is 36.6 Å². The number of rotatable bonds is 4. The van der Waals surface area contributed by atoms with Gasteiger partial charge in [-0.2, -0.15) is 13.2 Å². The van der Waals surface area contributed by atoms with Crippen LogP contribution in [0, 0.1) is 6.92 Å². The van der Waals surface area contributed by atoms with E-state index >= 15 is 0 Å². The maximum Gasteiger partial charge on any atom is 0.416 e. The van der Waals surface area contributed by atoms with E-state index in [1.165, 1.54) is 12.1 Å². The van der Waals surface area contributed by atoms with Crippen LogP contribution in [0.15, 0.2) is 48.5 Å². The van der Waals surface area contributed by atoms with Crippen LogP contribution in [0.2, 0.25) is 0 Å². The van der Waals surface area contributed by atoms with Crippen LogP contribution < -0.4 is 11.3 Å². The highest BCUT2D eigenvalue weighted by atomic mass is 19.4. The Morgan fingerprint density at radius 3 is 2.29 bits per heavy atom. The van der Waals surface area contributed by atoms with Crippen LogP contribution in [0.1, 0.15) is 28.3 Å². The standard InChI is InChI=1S/C16H17F3N2/c1-11-3-2-4-13(9-11)15(21-20)10-12-5-7-14(8-6-12)16(17,18)19/h2-9,15,21H,10,20H2,1H3. The molecule has 0 fully saturated rings. The third kappa shape index (κ3) is 4.06. The summed E-state index contributed by atoms with van der Waals surface area (Å²) in [5, 5.41) is 0. The van der Waals surface area contributed by atoms with Crippen molar-refractivity contribution >= 4 is 0 Å². The average molecular weight is 294 g/mol. The van der Waals surface area contributed by atoms with E-state index < -0.39 is 11.7 Å². The summed E-state index contributed by atoms with van der Waals surface area (Å²) >= 11 is 0. The van der Waals surface area contributed by atoms with Gasteiger partial charge in [-0.3, -0.25) is 11.3 Å². The Hall–Kier alpha value is -1.85. The molecule has 21 heavy (non-hydrogen) atoms. The Morgan fingerprint density at radius 1 is 1.10 bits per heavy atom. The minimum Gasteiger partial charge on any atom is -0.271 e. The van der Waals surface area contributed by atoms with Crippen molar-refractivity contribution < 1.29 is 13.2 Å². The zero-order valence-corrected chi connectivity index (χ0v) is 11.6. The number of aryl methyl sites for hydroxylation is 1. The summed E-state index contributed by atoms with van der Waals surface area (Å²) in [7, 11) is 0. The molecule has 0 bridgehead atoms. The molecular formula is C16H17F3N2. The van der Waals surface area contributed by atoms with Crippen molar-refractivity contribution in [1.29, 1.82) is 0 Å². The second-order valence-electron chi connectivity index (χ2n) is 5.03. The van der Waals surface area contributed by atoms with Crippen molar-refractivity contribution in [3.63, 3.8) is 0 Å². The lowest BCUT2D eigenvalue weighted by molar-refractivity contribution is -0.137. The Bertz CT molecular complexity index is 591. The normalized spacial score (nSPS) is 13.2. The first kappa shape index (κ1) is 15.5. The number of hydrazine groups is 1. The molecule has 1 atom stereocenters. The molecule has 112 valence electrons. The maximum atomic E-state index is 12.5. The predicted octanol–water partition coefficient (Wildman–Crippen LogP) is 3.76. The molecule has 0 aromatic heterocycles. The molecular weight excluding hydrogens is 277 g/mol. The van der Waals surface area contributed by atoms with Crippen LogP contribution in [0.4, 0.5) is 13.2 Å². The number of halogens is 3. The third-order valence-corrected chi connectivity index (χ3v) is 3.37. The zero-order valence-electron chi connectivity index (χ0n) is 11.6. The van der Waals surface area contributed by atoms with Crippen molar-refractivity contribution in [2.75, 3.05) is 0 Å². The van der Waals surface area contributed by atoms with Crippen LogP contribution in [0.25, 0.3) is 0 Å². The molecule has 2 aromatic rings. The van der Waals surface area contributed by atoms with E-state index in [1.54, 1.807) is 0 Å². The second-order valence-corrected chi connectivity index (χ2v) is 5.03. The first-order valence-electron chi connectivity index (χ1n) is 6.59. The van der Waals surface area contributed by atoms with Crippen molar-refractivity contribution in [3.05, 3.63) is 70.8 Å². The summed E-state index contributed by atoms with van der Waals surface area (Å²) < 4.78 is 37.6. The summed E-state index contributed by atoms with van der Waals surface area (Å²) in [6.07, 6.45) is -3.78. The Kier molecular flexibility index (Phi) is 4.65. The fourth-order valence-electron chi connectivity index (χ4n) is 2.23. The van der Waals surface area contributed by atoms with Gasteiger partial charge in [-0.15, -0.1) is 0 Å². The van der Waals surface area contributed by atoms with E-state index in [4.69, 9.17) is 5.84 Å². The van der Waals surface area contributed by atoms with Crippen LogP contribution >= 0.6 is 0 Å². The van der Waals surface area contributed by atoms with Crippen molar-refractivity contribution in [3.8, 4) is 0 Å². The number of hydrogen-bond donors (Lipinski definition) is 2. The quantitative estimate of drug-likeness (QED) is 0.665. The van der Waals surface area contributed by atoms with Crippen LogP contribution in [0.5, 0.6) is 0 Å². The fourth-order valence-corrected chi connectivity index (χ4v) is 2.23. The molecule has 0 amide bonds. The highest BCUT2D eigenvalue weighted by molar-refractivity contribution is 5.29. The SMILES string of the molecule is Cc1cccc(C(Cc2ccc(C(F)(F)F)cc2)NN)c1. The van der Waals surface area contributed by atoms with E-state index in [1.807, 2.05) is 31.2 Å². The monoisotopic (exact) mass is 294 g/mol. The molecule has 0 aliphatic heterocycles. The highest BCUT2D eigenvalue weighted by Crippen LogP contribution is 2.29. The van der Waals surface area contributed by atoms with Crippen molar-refractivity contribution in [2.45, 2.75) is 25.6 Å². The smallest absolute Gasteiger partial charge is 0.271 e. The topological polar surface area (TPSA) is 38.0 Å². The molecule has 0 saturated carbocycles. The van der Waals surface area contributed by atoms with Crippen LogP contribution in [-0.4, -0.2) is 0 Å². The largest absolute Gasteiger partial charge is 0.416 e. The van der Waals surface area contributed by atoms with Gasteiger partial charge in [-0.25, -0.2) is 0 Å². The molecule has 3 N–H and O–H groups in total. The van der Waals surface area contributed by atoms with Gasteiger partial charge in [0.05, 0.1) is 5.56 Å². The number of alkyl halides is 3. The molecule has 2 rings (SSSR count). The minimum atomic E-state index is -4.30. The summed E-state index contributed by atoms with van der Waals surface area (Å²) in [5.74, 6) is 5.57. The van der Waals surface area contributed by atoms with Gasteiger partial charge in [0.15, 0.2) is 0 Å². The molecule has 0 heterocycles. The van der Waals surface area contributed by atoms with Crippen molar-refractivity contribution in [1.82, 2.24) is 5.43 Å². The molecule has 2 aromatic carbocycles. The number of benzene rings is 2. The summed E-state index contributed by atoms with van der Waals surface area (Å²) in [4.78, 5) is 0. The van der Waals surface area contributed by atoms with E-state index in [-0.39, 0.29) is 6.04 Å². The van der Waals surface area contributed by atoms with E-state index in [9.17, 15) is 13.2 Å². The maximum absolute atomic E-state index is 12.5. The van der Waals surface area contributed by atoms with Crippen LogP contribution in [-0.2, 0) is 12.6 Å². The van der Waals surface area contributed by atoms with Gasteiger partial charge in [0.25, 0.3) is 0 Å². The van der Waals surface area contributed by atoms with Crippen molar-refractivity contribution in [2.24, 2.45) is 5.84 Å². The molecule has 5 heteroatoms. The number of nitrogens with one attached hydrogen (secondary N) is 1. The lowest BCUT2D eigenvalue weighted by Gasteiger charge is -2.17. The first-order chi connectivity index (χ1) is 9.90. The Labute approximate surface area is 121 Å². The molecule has 0 radical (unpaired) electrons. The second kappa shape index (κ2) is 6.28. The Morgan fingerprint density at radius 2 is 1.76 bits per heavy atom. The fraction of sp³-hybridized carbons (Fsp3) is 0.250. The lowest BCUT2D eigenvalue weighted by Crippen LogP contribution is -2.29. The molecule has 0 spiro atoms. The summed E-state index contributed by atoms with van der Waals surface area (Å²) in [6, 6.07) is 12.9. The minimum absolute atomic E-state index is 0.137. The molecule has 0 saturated heterocycles. The van der Waals surface area contributed by atoms with Gasteiger partial charge in [0, 0.05) is 6.04 Å². The molecule has 1 unspecified atom stereocenters. The Balaban J connectivity index is 2.15. The summed E-state index contributed by atoms with van der Waals surface area (Å²) in [6.45, 7) is 1.98. The highest BCUT2D eigenvalue weighted by Gasteiger charge is 2.30. The number of hydrogen-bond acceptors (Lipinski definition) is 2. The van der Waals surface area contributed by atoms with E-state index in [2.05, 4.69) is 5.43 Å².